The molecule has 0 radical (unpaired) electrons. The zero-order chi connectivity index (χ0) is 14.3. The summed E-state index contributed by atoms with van der Waals surface area (Å²) in [5.74, 6) is 0.813. The quantitative estimate of drug-likeness (QED) is 0.592. The molecule has 1 aliphatic rings. The number of nitriles is 1. The van der Waals surface area contributed by atoms with Crippen LogP contribution < -0.4 is 5.32 Å². The molecule has 1 aliphatic heterocycles. The predicted molar refractivity (Wildman–Crippen MR) is 73.9 cm³/mol. The van der Waals surface area contributed by atoms with E-state index < -0.39 is 5.41 Å². The number of hydrogen-bond acceptors (Lipinski definition) is 4. The van der Waals surface area contributed by atoms with E-state index >= 15 is 0 Å². The molecule has 0 aliphatic carbocycles. The fourth-order valence-electron chi connectivity index (χ4n) is 1.87. The lowest BCUT2D eigenvalue weighted by Gasteiger charge is -2.35. The van der Waals surface area contributed by atoms with Crippen molar-refractivity contribution in [3.05, 3.63) is 0 Å². The summed E-state index contributed by atoms with van der Waals surface area (Å²) in [4.78, 5) is 6.41. The number of rotatable bonds is 4. The van der Waals surface area contributed by atoms with Crippen molar-refractivity contribution in [2.45, 2.75) is 20.0 Å². The van der Waals surface area contributed by atoms with Gasteiger partial charge in [-0.15, -0.1) is 0 Å². The number of nitrogens with zero attached hydrogens (tertiary/aromatic N) is 3. The highest BCUT2D eigenvalue weighted by Gasteiger charge is 2.24. The summed E-state index contributed by atoms with van der Waals surface area (Å²) in [5.41, 5.74) is -0.409. The molecular weight excluding hydrogens is 244 g/mol. The molecule has 0 bridgehead atoms. The molecule has 0 aromatic rings. The molecule has 6 heteroatoms. The Hall–Kier alpha value is -1.32. The van der Waals surface area contributed by atoms with Crippen LogP contribution in [0.25, 0.3) is 0 Å². The van der Waals surface area contributed by atoms with Crippen molar-refractivity contribution >= 4 is 5.96 Å². The van der Waals surface area contributed by atoms with E-state index in [1.165, 1.54) is 0 Å². The highest BCUT2D eigenvalue weighted by atomic mass is 16.5. The molecule has 0 saturated carbocycles. The number of guanidine groups is 1. The Balaban J connectivity index is 2.53. The smallest absolute Gasteiger partial charge is 0.193 e. The Bertz CT molecular complexity index is 347. The lowest BCUT2D eigenvalue weighted by Crippen LogP contribution is -2.52. The summed E-state index contributed by atoms with van der Waals surface area (Å²) in [6.45, 7) is 7.17. The molecule has 108 valence electrons. The van der Waals surface area contributed by atoms with Gasteiger partial charge in [0.1, 0.15) is 0 Å². The van der Waals surface area contributed by atoms with Crippen molar-refractivity contribution in [1.29, 1.82) is 5.26 Å². The molecular formula is C13H24N4O2. The van der Waals surface area contributed by atoms with E-state index in [1.54, 1.807) is 14.2 Å². The Morgan fingerprint density at radius 3 is 2.95 bits per heavy atom. The number of morpholine rings is 1. The third-order valence-electron chi connectivity index (χ3n) is 2.99. The number of hydrogen-bond donors (Lipinski definition) is 1. The normalized spacial score (nSPS) is 21.1. The first-order valence-electron chi connectivity index (χ1n) is 6.50. The van der Waals surface area contributed by atoms with Gasteiger partial charge in [-0.25, -0.2) is 0 Å². The van der Waals surface area contributed by atoms with Gasteiger partial charge in [-0.05, 0) is 13.8 Å². The molecule has 1 fully saturated rings. The molecule has 0 aromatic carbocycles. The number of aliphatic imine (C=N–C) groups is 1. The Labute approximate surface area is 115 Å². The molecule has 19 heavy (non-hydrogen) atoms. The molecule has 1 atom stereocenters. The lowest BCUT2D eigenvalue weighted by atomic mass is 9.96. The molecule has 1 N–H and O–H groups in total. The van der Waals surface area contributed by atoms with Crippen molar-refractivity contribution in [2.24, 2.45) is 10.4 Å². The van der Waals surface area contributed by atoms with Crippen molar-refractivity contribution < 1.29 is 9.47 Å². The van der Waals surface area contributed by atoms with Crippen LogP contribution in [-0.4, -0.2) is 64.0 Å². The monoisotopic (exact) mass is 268 g/mol. The van der Waals surface area contributed by atoms with E-state index in [9.17, 15) is 0 Å². The Morgan fingerprint density at radius 2 is 2.37 bits per heavy atom. The number of nitrogens with one attached hydrogen (secondary N) is 1. The first-order valence-corrected chi connectivity index (χ1v) is 6.50. The molecule has 1 saturated heterocycles. The summed E-state index contributed by atoms with van der Waals surface area (Å²) in [7, 11) is 3.42. The zero-order valence-electron chi connectivity index (χ0n) is 12.3. The van der Waals surface area contributed by atoms with Gasteiger partial charge in [-0.3, -0.25) is 4.99 Å². The van der Waals surface area contributed by atoms with Gasteiger partial charge in [-0.2, -0.15) is 5.26 Å². The van der Waals surface area contributed by atoms with E-state index in [4.69, 9.17) is 14.7 Å². The maximum atomic E-state index is 9.02. The van der Waals surface area contributed by atoms with E-state index in [1.807, 2.05) is 13.8 Å². The second-order valence-electron chi connectivity index (χ2n) is 5.29. The van der Waals surface area contributed by atoms with Crippen LogP contribution in [0.3, 0.4) is 0 Å². The van der Waals surface area contributed by atoms with E-state index in [2.05, 4.69) is 21.3 Å². The van der Waals surface area contributed by atoms with Gasteiger partial charge in [0.05, 0.1) is 30.8 Å². The molecule has 6 nitrogen and oxygen atoms in total. The predicted octanol–water partition coefficient (Wildman–Crippen LogP) is 0.459. The van der Waals surface area contributed by atoms with Crippen molar-refractivity contribution in [3.8, 4) is 6.07 Å². The van der Waals surface area contributed by atoms with Crippen molar-refractivity contribution in [2.75, 3.05) is 47.0 Å². The fourth-order valence-corrected chi connectivity index (χ4v) is 1.87. The molecule has 1 unspecified atom stereocenters. The minimum atomic E-state index is -0.409. The van der Waals surface area contributed by atoms with E-state index in [0.29, 0.717) is 19.8 Å². The van der Waals surface area contributed by atoms with Crippen LogP contribution >= 0.6 is 0 Å². The average Bonchev–Trinajstić information content (AvgIpc) is 2.40. The van der Waals surface area contributed by atoms with Gasteiger partial charge in [0, 0.05) is 33.8 Å². The fraction of sp³-hybridized carbons (Fsp3) is 0.846. The summed E-state index contributed by atoms with van der Waals surface area (Å²) in [5, 5.41) is 12.3. The standard InChI is InChI=1S/C13H24N4O2/c1-13(2,9-14)10-16-12(15-3)17-5-6-19-11(7-17)8-18-4/h11H,5-8,10H2,1-4H3,(H,15,16). The van der Waals surface area contributed by atoms with Crippen LogP contribution in [0.5, 0.6) is 0 Å². The van der Waals surface area contributed by atoms with Crippen molar-refractivity contribution in [1.82, 2.24) is 10.2 Å². The molecule has 1 rings (SSSR count). The second-order valence-corrected chi connectivity index (χ2v) is 5.29. The van der Waals surface area contributed by atoms with Crippen LogP contribution in [0, 0.1) is 16.7 Å². The SMILES string of the molecule is CN=C(NCC(C)(C)C#N)N1CCOC(COC)C1. The molecule has 0 amide bonds. The van der Waals surface area contributed by atoms with Crippen molar-refractivity contribution in [3.63, 3.8) is 0 Å². The van der Waals surface area contributed by atoms with Gasteiger partial charge in [0.15, 0.2) is 5.96 Å². The Kier molecular flexibility index (Phi) is 6.06. The maximum Gasteiger partial charge on any atom is 0.193 e. The second kappa shape index (κ2) is 7.31. The summed E-state index contributed by atoms with van der Waals surface area (Å²) in [6, 6.07) is 2.27. The highest BCUT2D eigenvalue weighted by molar-refractivity contribution is 5.80. The number of ether oxygens (including phenoxy) is 2. The van der Waals surface area contributed by atoms with Crippen LogP contribution in [-0.2, 0) is 9.47 Å². The third kappa shape index (κ3) is 5.05. The topological polar surface area (TPSA) is 69.9 Å². The average molecular weight is 268 g/mol. The maximum absolute atomic E-state index is 9.02. The van der Waals surface area contributed by atoms with Crippen LogP contribution in [0.2, 0.25) is 0 Å². The van der Waals surface area contributed by atoms with E-state index in [-0.39, 0.29) is 6.10 Å². The summed E-state index contributed by atoms with van der Waals surface area (Å²) >= 11 is 0. The van der Waals surface area contributed by atoms with Crippen LogP contribution in [0.4, 0.5) is 0 Å². The van der Waals surface area contributed by atoms with Crippen LogP contribution in [0.1, 0.15) is 13.8 Å². The van der Waals surface area contributed by atoms with E-state index in [0.717, 1.165) is 19.0 Å². The third-order valence-corrected chi connectivity index (χ3v) is 2.99. The first-order chi connectivity index (χ1) is 9.02. The lowest BCUT2D eigenvalue weighted by molar-refractivity contribution is -0.0447. The van der Waals surface area contributed by atoms with Gasteiger partial charge in [-0.1, -0.05) is 0 Å². The molecule has 1 heterocycles. The first kappa shape index (κ1) is 15.7. The van der Waals surface area contributed by atoms with Gasteiger partial charge < -0.3 is 19.7 Å². The van der Waals surface area contributed by atoms with Gasteiger partial charge >= 0.3 is 0 Å². The minimum absolute atomic E-state index is 0.0706. The Morgan fingerprint density at radius 1 is 1.63 bits per heavy atom. The molecule has 0 aromatic heterocycles. The largest absolute Gasteiger partial charge is 0.382 e. The number of methoxy groups -OCH3 is 1. The van der Waals surface area contributed by atoms with Gasteiger partial charge in [0.2, 0.25) is 0 Å². The summed E-state index contributed by atoms with van der Waals surface area (Å²) < 4.78 is 10.7. The molecule has 0 spiro atoms. The van der Waals surface area contributed by atoms with Crippen LogP contribution in [0.15, 0.2) is 4.99 Å². The zero-order valence-corrected chi connectivity index (χ0v) is 12.3. The highest BCUT2D eigenvalue weighted by Crippen LogP contribution is 2.11. The van der Waals surface area contributed by atoms with Gasteiger partial charge in [0.25, 0.3) is 0 Å². The summed E-state index contributed by atoms with van der Waals surface area (Å²) in [6.07, 6.45) is 0.0706. The minimum Gasteiger partial charge on any atom is -0.382 e.